The number of hydrogen-bond donors (Lipinski definition) is 1. The molecular formula is C35H53ClN2O3. The number of fused-ring (bicyclic) bond motifs is 1. The average molecular weight is 585 g/mol. The molecule has 6 heteroatoms. The normalized spacial score (nSPS) is 28.5. The van der Waals surface area contributed by atoms with E-state index >= 15 is 0 Å². The molecule has 0 radical (unpaired) electrons. The number of benzene rings is 1. The number of Topliss-reactive ketones (excluding diaryl/α,β-unsaturated/α-hetero) is 2. The van der Waals surface area contributed by atoms with E-state index in [4.69, 9.17) is 11.6 Å². The molecule has 2 unspecified atom stereocenters. The van der Waals surface area contributed by atoms with Gasteiger partial charge in [0.2, 0.25) is 5.91 Å². The van der Waals surface area contributed by atoms with Crippen molar-refractivity contribution in [1.82, 2.24) is 10.2 Å². The van der Waals surface area contributed by atoms with Crippen molar-refractivity contribution in [3.63, 3.8) is 0 Å². The van der Waals surface area contributed by atoms with Gasteiger partial charge in [0.15, 0.2) is 11.6 Å². The molecule has 1 aliphatic heterocycles. The third-order valence-corrected chi connectivity index (χ3v) is 10.9. The zero-order chi connectivity index (χ0) is 29.6. The lowest BCUT2D eigenvalue weighted by Crippen LogP contribution is -2.72. The minimum absolute atomic E-state index is 0.0715. The monoisotopic (exact) mass is 584 g/mol. The number of likely N-dealkylation sites (tertiary alicyclic amines) is 1. The van der Waals surface area contributed by atoms with Gasteiger partial charge < -0.3 is 10.2 Å². The molecule has 41 heavy (non-hydrogen) atoms. The summed E-state index contributed by atoms with van der Waals surface area (Å²) in [4.78, 5) is 44.3. The van der Waals surface area contributed by atoms with E-state index in [1.807, 2.05) is 43.0 Å². The summed E-state index contributed by atoms with van der Waals surface area (Å²) in [7, 11) is 0. The van der Waals surface area contributed by atoms with Crippen LogP contribution in [0.5, 0.6) is 0 Å². The Kier molecular flexibility index (Phi) is 11.1. The highest BCUT2D eigenvalue weighted by Gasteiger charge is 2.57. The molecule has 1 saturated heterocycles. The molecule has 5 nitrogen and oxygen atoms in total. The molecule has 0 aromatic heterocycles. The Morgan fingerprint density at radius 2 is 1.51 bits per heavy atom. The zero-order valence-corrected chi connectivity index (χ0v) is 26.7. The van der Waals surface area contributed by atoms with Crippen LogP contribution in [0.15, 0.2) is 24.3 Å². The van der Waals surface area contributed by atoms with Crippen LogP contribution in [0.25, 0.3) is 0 Å². The number of alkyl halides is 1. The van der Waals surface area contributed by atoms with Gasteiger partial charge >= 0.3 is 0 Å². The predicted molar refractivity (Wildman–Crippen MR) is 167 cm³/mol. The summed E-state index contributed by atoms with van der Waals surface area (Å²) < 4.78 is 0. The number of amides is 1. The Labute approximate surface area is 253 Å². The minimum atomic E-state index is -0.802. The summed E-state index contributed by atoms with van der Waals surface area (Å²) in [5, 5.41) is 3.82. The van der Waals surface area contributed by atoms with Gasteiger partial charge in [0.1, 0.15) is 0 Å². The second-order valence-corrected chi connectivity index (χ2v) is 13.7. The Hall–Kier alpha value is -1.72. The molecule has 6 atom stereocenters. The van der Waals surface area contributed by atoms with Crippen LogP contribution in [0.3, 0.4) is 0 Å². The Morgan fingerprint density at radius 1 is 0.902 bits per heavy atom. The molecule has 0 spiro atoms. The Balaban J connectivity index is 1.62. The highest BCUT2D eigenvalue weighted by molar-refractivity contribution is 6.17. The largest absolute Gasteiger partial charge is 0.326 e. The van der Waals surface area contributed by atoms with Gasteiger partial charge in [-0.1, -0.05) is 95.9 Å². The van der Waals surface area contributed by atoms with E-state index in [2.05, 4.69) is 19.2 Å². The number of β-lactam (4-membered cyclic amide) rings is 1. The van der Waals surface area contributed by atoms with E-state index < -0.39 is 11.1 Å². The van der Waals surface area contributed by atoms with Crippen LogP contribution >= 0.6 is 11.6 Å². The first kappa shape index (κ1) is 32.2. The van der Waals surface area contributed by atoms with Crippen LogP contribution in [0.1, 0.15) is 140 Å². The fraction of sp³-hybridized carbons (Fsp3) is 0.743. The molecule has 4 rings (SSSR count). The lowest BCUT2D eigenvalue weighted by Gasteiger charge is -2.57. The molecule has 228 valence electrons. The van der Waals surface area contributed by atoms with Crippen LogP contribution in [-0.2, 0) is 15.5 Å². The average Bonchev–Trinajstić information content (AvgIpc) is 2.95. The molecule has 0 bridgehead atoms. The van der Waals surface area contributed by atoms with Crippen LogP contribution in [0, 0.1) is 11.8 Å². The van der Waals surface area contributed by atoms with Gasteiger partial charge in [-0.15, -0.1) is 11.6 Å². The van der Waals surface area contributed by atoms with Gasteiger partial charge in [0.05, 0.1) is 17.0 Å². The standard InChI is InChI=1S/C35H53ClN2O3/c1-5-23-34(3,31(39)26-21-19-25(24-36)20-22-26)37-29-17-13-9-7-11-15-27(29)32(40)35(4,6-2)38-30-18-14-10-8-12-16-28(30)33(38)41/h19-22,27-30,37H,5-18,23-24H2,1-4H3/t27-,28-,29+,30+,34?,35?/m1/s1. The van der Waals surface area contributed by atoms with Crippen LogP contribution in [0.2, 0.25) is 0 Å². The first-order chi connectivity index (χ1) is 19.7. The zero-order valence-electron chi connectivity index (χ0n) is 26.0. The number of hydrogen-bond acceptors (Lipinski definition) is 4. The first-order valence-electron chi connectivity index (χ1n) is 16.5. The van der Waals surface area contributed by atoms with Crippen molar-refractivity contribution >= 4 is 29.1 Å². The number of halogens is 1. The van der Waals surface area contributed by atoms with Gasteiger partial charge in [0, 0.05) is 29.4 Å². The van der Waals surface area contributed by atoms with Crippen LogP contribution in [-0.4, -0.2) is 45.5 Å². The van der Waals surface area contributed by atoms with Gasteiger partial charge in [-0.2, -0.15) is 0 Å². The van der Waals surface area contributed by atoms with E-state index in [9.17, 15) is 14.4 Å². The van der Waals surface area contributed by atoms with Crippen molar-refractivity contribution < 1.29 is 14.4 Å². The van der Waals surface area contributed by atoms with Gasteiger partial charge in [-0.25, -0.2) is 0 Å². The summed E-state index contributed by atoms with van der Waals surface area (Å²) in [5.74, 6) is 0.756. The van der Waals surface area contributed by atoms with E-state index in [1.54, 1.807) is 0 Å². The summed E-state index contributed by atoms with van der Waals surface area (Å²) >= 11 is 6.00. The minimum Gasteiger partial charge on any atom is -0.326 e. The number of nitrogens with one attached hydrogen (secondary N) is 1. The molecule has 1 N–H and O–H groups in total. The van der Waals surface area contributed by atoms with Gasteiger partial charge in [-0.3, -0.25) is 14.4 Å². The van der Waals surface area contributed by atoms with E-state index in [0.717, 1.165) is 76.2 Å². The van der Waals surface area contributed by atoms with Gasteiger partial charge in [-0.05, 0) is 57.9 Å². The summed E-state index contributed by atoms with van der Waals surface area (Å²) in [6.07, 6.45) is 14.8. The lowest BCUT2D eigenvalue weighted by atomic mass is 9.69. The predicted octanol–water partition coefficient (Wildman–Crippen LogP) is 8.01. The maximum atomic E-state index is 14.8. The number of ketones is 2. The van der Waals surface area contributed by atoms with Crippen molar-refractivity contribution in [2.45, 2.75) is 153 Å². The molecule has 3 fully saturated rings. The fourth-order valence-electron chi connectivity index (χ4n) is 7.99. The molecule has 1 aromatic carbocycles. The molecular weight excluding hydrogens is 532 g/mol. The number of carbonyl (C=O) groups is 3. The number of carbonyl (C=O) groups excluding carboxylic acids is 3. The molecule has 2 saturated carbocycles. The third-order valence-electron chi connectivity index (χ3n) is 10.6. The van der Waals surface area contributed by atoms with Crippen LogP contribution in [0.4, 0.5) is 0 Å². The molecule has 1 heterocycles. The highest BCUT2D eigenvalue weighted by Crippen LogP contribution is 2.44. The summed E-state index contributed by atoms with van der Waals surface area (Å²) in [5.41, 5.74) is 0.0874. The molecule has 1 aromatic rings. The van der Waals surface area contributed by atoms with E-state index in [-0.39, 0.29) is 41.4 Å². The molecule has 2 aliphatic carbocycles. The Morgan fingerprint density at radius 3 is 2.12 bits per heavy atom. The molecule has 1 amide bonds. The first-order valence-corrected chi connectivity index (χ1v) is 17.1. The summed E-state index contributed by atoms with van der Waals surface area (Å²) in [6.45, 7) is 8.24. The van der Waals surface area contributed by atoms with Crippen molar-refractivity contribution in [3.05, 3.63) is 35.4 Å². The van der Waals surface area contributed by atoms with Gasteiger partial charge in [0.25, 0.3) is 0 Å². The SMILES string of the molecule is CCCC(C)(N[C@H]1CCCCCC[C@H]1C(=O)C(C)(CC)N1C(=O)[C@@H]2CCCCCC[C@@H]21)C(=O)c1ccc(CCl)cc1. The van der Waals surface area contributed by atoms with E-state index in [0.29, 0.717) is 24.3 Å². The van der Waals surface area contributed by atoms with Crippen molar-refractivity contribution in [3.8, 4) is 0 Å². The second kappa shape index (κ2) is 14.2. The quantitative estimate of drug-likeness (QED) is 0.162. The lowest BCUT2D eigenvalue weighted by molar-refractivity contribution is -0.176. The maximum Gasteiger partial charge on any atom is 0.228 e. The maximum absolute atomic E-state index is 14.8. The van der Waals surface area contributed by atoms with Crippen LogP contribution < -0.4 is 5.32 Å². The van der Waals surface area contributed by atoms with Crippen molar-refractivity contribution in [2.24, 2.45) is 11.8 Å². The smallest absolute Gasteiger partial charge is 0.228 e. The number of rotatable bonds is 11. The van der Waals surface area contributed by atoms with E-state index in [1.165, 1.54) is 12.8 Å². The summed E-state index contributed by atoms with van der Waals surface area (Å²) in [6, 6.07) is 7.71. The topological polar surface area (TPSA) is 66.5 Å². The highest BCUT2D eigenvalue weighted by atomic mass is 35.5. The fourth-order valence-corrected chi connectivity index (χ4v) is 8.17. The second-order valence-electron chi connectivity index (χ2n) is 13.5. The van der Waals surface area contributed by atoms with Crippen molar-refractivity contribution in [2.75, 3.05) is 0 Å². The third kappa shape index (κ3) is 6.77. The molecule has 3 aliphatic rings. The Bertz CT molecular complexity index is 1060. The number of nitrogens with zero attached hydrogens (tertiary/aromatic N) is 1. The van der Waals surface area contributed by atoms with Crippen molar-refractivity contribution in [1.29, 1.82) is 0 Å².